The first-order valence-corrected chi connectivity index (χ1v) is 10.1. The summed E-state index contributed by atoms with van der Waals surface area (Å²) < 4.78 is 27.7. The summed E-state index contributed by atoms with van der Waals surface area (Å²) in [5.41, 5.74) is 1.44. The number of carbonyl (C=O) groups is 1. The molecule has 0 aliphatic rings. The number of urea groups is 1. The van der Waals surface area contributed by atoms with Crippen molar-refractivity contribution < 1.29 is 13.2 Å². The molecule has 6 nitrogen and oxygen atoms in total. The Hall–Kier alpha value is -2.38. The first-order valence-electron chi connectivity index (χ1n) is 8.60. The van der Waals surface area contributed by atoms with Gasteiger partial charge in [-0.3, -0.25) is 0 Å². The average Bonchev–Trinajstić information content (AvgIpc) is 2.63. The van der Waals surface area contributed by atoms with Crippen molar-refractivity contribution in [1.29, 1.82) is 0 Å². The molecule has 7 heteroatoms. The third-order valence-electron chi connectivity index (χ3n) is 4.10. The molecule has 0 heterocycles. The minimum atomic E-state index is -3.65. The molecule has 2 amide bonds. The third-order valence-corrected chi connectivity index (χ3v) is 5.65. The van der Waals surface area contributed by atoms with Crippen LogP contribution in [0.5, 0.6) is 0 Å². The van der Waals surface area contributed by atoms with E-state index in [-0.39, 0.29) is 17.0 Å². The Morgan fingerprint density at radius 1 is 1.00 bits per heavy atom. The molecule has 2 aromatic rings. The van der Waals surface area contributed by atoms with E-state index in [9.17, 15) is 13.2 Å². The normalized spacial score (nSPS) is 12.4. The Bertz CT molecular complexity index is 817. The highest BCUT2D eigenvalue weighted by atomic mass is 32.2. The van der Waals surface area contributed by atoms with Gasteiger partial charge in [0.05, 0.1) is 4.90 Å². The average molecular weight is 375 g/mol. The minimum absolute atomic E-state index is 0.154. The van der Waals surface area contributed by atoms with Gasteiger partial charge in [-0.2, -0.15) is 0 Å². The topological polar surface area (TPSA) is 78.5 Å². The highest BCUT2D eigenvalue weighted by Crippen LogP contribution is 2.18. The molecule has 0 fully saturated rings. The highest BCUT2D eigenvalue weighted by molar-refractivity contribution is 7.89. The molecule has 0 unspecified atom stereocenters. The van der Waals surface area contributed by atoms with E-state index in [4.69, 9.17) is 0 Å². The lowest BCUT2D eigenvalue weighted by Crippen LogP contribution is -2.34. The summed E-state index contributed by atoms with van der Waals surface area (Å²) in [6.07, 6.45) is 0. The molecule has 140 valence electrons. The molecule has 1 atom stereocenters. The predicted octanol–water partition coefficient (Wildman–Crippen LogP) is 3.60. The summed E-state index contributed by atoms with van der Waals surface area (Å²) >= 11 is 0. The van der Waals surface area contributed by atoms with Crippen LogP contribution in [0.1, 0.15) is 32.4 Å². The second-order valence-corrected chi connectivity index (χ2v) is 7.59. The van der Waals surface area contributed by atoms with Crippen molar-refractivity contribution in [1.82, 2.24) is 9.62 Å². The predicted molar refractivity (Wildman–Crippen MR) is 104 cm³/mol. The monoisotopic (exact) mass is 375 g/mol. The van der Waals surface area contributed by atoms with Crippen LogP contribution in [0.15, 0.2) is 59.5 Å². The van der Waals surface area contributed by atoms with Crippen molar-refractivity contribution in [3.63, 3.8) is 0 Å². The fraction of sp³-hybridized carbons (Fsp3) is 0.316. The Balaban J connectivity index is 2.08. The Kier molecular flexibility index (Phi) is 6.76. The van der Waals surface area contributed by atoms with E-state index in [0.717, 1.165) is 5.56 Å². The SMILES string of the molecule is CCN(CC)C(=O)Nc1ccc(S(=O)(=O)N[C@H](C)c2ccccc2)cc1. The van der Waals surface area contributed by atoms with E-state index in [0.29, 0.717) is 18.8 Å². The second kappa shape index (κ2) is 8.82. The van der Waals surface area contributed by atoms with Crippen LogP contribution in [-0.4, -0.2) is 32.4 Å². The molecule has 0 spiro atoms. The lowest BCUT2D eigenvalue weighted by atomic mass is 10.1. The third kappa shape index (κ3) is 5.06. The summed E-state index contributed by atoms with van der Waals surface area (Å²) in [7, 11) is -3.65. The summed E-state index contributed by atoms with van der Waals surface area (Å²) in [6, 6.07) is 15.0. The zero-order valence-corrected chi connectivity index (χ0v) is 16.1. The number of rotatable bonds is 7. The number of anilines is 1. The smallest absolute Gasteiger partial charge is 0.321 e. The van der Waals surface area contributed by atoms with Gasteiger partial charge in [-0.05, 0) is 50.6 Å². The van der Waals surface area contributed by atoms with Crippen molar-refractivity contribution in [3.05, 3.63) is 60.2 Å². The Labute approximate surface area is 155 Å². The minimum Gasteiger partial charge on any atom is -0.325 e. The second-order valence-electron chi connectivity index (χ2n) is 5.88. The summed E-state index contributed by atoms with van der Waals surface area (Å²) in [5.74, 6) is 0. The number of hydrogen-bond acceptors (Lipinski definition) is 3. The molecule has 0 aliphatic carbocycles. The van der Waals surface area contributed by atoms with Gasteiger partial charge < -0.3 is 10.2 Å². The van der Waals surface area contributed by atoms with Crippen LogP contribution < -0.4 is 10.0 Å². The molecule has 0 aliphatic heterocycles. The molecular weight excluding hydrogens is 350 g/mol. The molecule has 2 N–H and O–H groups in total. The molecular formula is C19H25N3O3S. The van der Waals surface area contributed by atoms with Crippen molar-refractivity contribution in [2.75, 3.05) is 18.4 Å². The summed E-state index contributed by atoms with van der Waals surface area (Å²) in [5, 5.41) is 2.76. The largest absolute Gasteiger partial charge is 0.325 e. The number of hydrogen-bond donors (Lipinski definition) is 2. The number of amides is 2. The van der Waals surface area contributed by atoms with Crippen LogP contribution >= 0.6 is 0 Å². The molecule has 0 saturated heterocycles. The van der Waals surface area contributed by atoms with E-state index < -0.39 is 10.0 Å². The van der Waals surface area contributed by atoms with Crippen molar-refractivity contribution >= 4 is 21.7 Å². The van der Waals surface area contributed by atoms with Gasteiger partial charge in [-0.15, -0.1) is 0 Å². The van der Waals surface area contributed by atoms with Gasteiger partial charge in [-0.1, -0.05) is 30.3 Å². The zero-order chi connectivity index (χ0) is 19.2. The van der Waals surface area contributed by atoms with Crippen LogP contribution in [0.4, 0.5) is 10.5 Å². The number of sulfonamides is 1. The number of nitrogens with one attached hydrogen (secondary N) is 2. The lowest BCUT2D eigenvalue weighted by Gasteiger charge is -2.19. The zero-order valence-electron chi connectivity index (χ0n) is 15.3. The fourth-order valence-electron chi connectivity index (χ4n) is 2.54. The Morgan fingerprint density at radius 2 is 1.58 bits per heavy atom. The number of nitrogens with zero attached hydrogens (tertiary/aromatic N) is 1. The molecule has 2 aromatic carbocycles. The molecule has 26 heavy (non-hydrogen) atoms. The molecule has 0 bridgehead atoms. The Morgan fingerprint density at radius 3 is 2.12 bits per heavy atom. The van der Waals surface area contributed by atoms with Crippen LogP contribution in [-0.2, 0) is 10.0 Å². The van der Waals surface area contributed by atoms with Crippen LogP contribution in [0.2, 0.25) is 0 Å². The fourth-order valence-corrected chi connectivity index (χ4v) is 3.77. The summed E-state index contributed by atoms with van der Waals surface area (Å²) in [4.78, 5) is 13.8. The van der Waals surface area contributed by atoms with Gasteiger partial charge in [0.25, 0.3) is 0 Å². The van der Waals surface area contributed by atoms with Gasteiger partial charge in [-0.25, -0.2) is 17.9 Å². The van der Waals surface area contributed by atoms with E-state index in [1.165, 1.54) is 12.1 Å². The van der Waals surface area contributed by atoms with Crippen LogP contribution in [0.3, 0.4) is 0 Å². The standard InChI is InChI=1S/C19H25N3O3S/c1-4-22(5-2)19(23)20-17-11-13-18(14-12-17)26(24,25)21-15(3)16-9-7-6-8-10-16/h6-15,21H,4-5H2,1-3H3,(H,20,23)/t15-/m1/s1. The molecule has 0 aromatic heterocycles. The first-order chi connectivity index (χ1) is 12.4. The van der Waals surface area contributed by atoms with Gasteiger partial charge in [0.1, 0.15) is 0 Å². The van der Waals surface area contributed by atoms with Crippen molar-refractivity contribution in [2.45, 2.75) is 31.7 Å². The van der Waals surface area contributed by atoms with Crippen LogP contribution in [0.25, 0.3) is 0 Å². The van der Waals surface area contributed by atoms with Crippen molar-refractivity contribution in [2.24, 2.45) is 0 Å². The molecule has 0 radical (unpaired) electrons. The van der Waals surface area contributed by atoms with Crippen LogP contribution in [0, 0.1) is 0 Å². The number of benzene rings is 2. The quantitative estimate of drug-likeness (QED) is 0.776. The van der Waals surface area contributed by atoms with Crippen molar-refractivity contribution in [3.8, 4) is 0 Å². The maximum absolute atomic E-state index is 12.5. The number of carbonyl (C=O) groups excluding carboxylic acids is 1. The summed E-state index contributed by atoms with van der Waals surface area (Å²) in [6.45, 7) is 6.81. The maximum Gasteiger partial charge on any atom is 0.321 e. The van der Waals surface area contributed by atoms with Gasteiger partial charge in [0, 0.05) is 24.8 Å². The lowest BCUT2D eigenvalue weighted by molar-refractivity contribution is 0.217. The highest BCUT2D eigenvalue weighted by Gasteiger charge is 2.18. The van der Waals surface area contributed by atoms with E-state index in [2.05, 4.69) is 10.0 Å². The van der Waals surface area contributed by atoms with Gasteiger partial charge in [0.15, 0.2) is 0 Å². The van der Waals surface area contributed by atoms with Gasteiger partial charge in [0.2, 0.25) is 10.0 Å². The molecule has 2 rings (SSSR count). The maximum atomic E-state index is 12.5. The van der Waals surface area contributed by atoms with Gasteiger partial charge >= 0.3 is 6.03 Å². The van der Waals surface area contributed by atoms with E-state index in [1.807, 2.05) is 44.2 Å². The molecule has 0 saturated carbocycles. The first kappa shape index (κ1) is 19.9. The van der Waals surface area contributed by atoms with E-state index >= 15 is 0 Å². The van der Waals surface area contributed by atoms with E-state index in [1.54, 1.807) is 24.0 Å².